The molecule has 0 aliphatic heterocycles. The van der Waals surface area contributed by atoms with Gasteiger partial charge in [-0.3, -0.25) is 4.79 Å². The standard InChI is InChI=1S/C10H14ClN3O2S/c11-9-8(13-14-17-9)5-12-7-3-1-2-6(4-7)10(15)16/h6-7,12H,1-5H2,(H,15,16). The molecule has 2 rings (SSSR count). The summed E-state index contributed by atoms with van der Waals surface area (Å²) < 4.78 is 4.35. The van der Waals surface area contributed by atoms with Crippen LogP contribution < -0.4 is 5.32 Å². The number of carbonyl (C=O) groups is 1. The molecule has 0 radical (unpaired) electrons. The van der Waals surface area contributed by atoms with Gasteiger partial charge in [0, 0.05) is 24.1 Å². The van der Waals surface area contributed by atoms with Gasteiger partial charge >= 0.3 is 5.97 Å². The van der Waals surface area contributed by atoms with Gasteiger partial charge in [0.15, 0.2) is 0 Å². The van der Waals surface area contributed by atoms with E-state index in [1.165, 1.54) is 11.5 Å². The summed E-state index contributed by atoms with van der Waals surface area (Å²) in [6.45, 7) is 0.562. The molecule has 1 saturated carbocycles. The van der Waals surface area contributed by atoms with E-state index in [-0.39, 0.29) is 12.0 Å². The molecule has 94 valence electrons. The Labute approximate surface area is 108 Å². The molecule has 0 aromatic carbocycles. The first kappa shape index (κ1) is 12.7. The molecular formula is C10H14ClN3O2S. The maximum atomic E-state index is 10.9. The zero-order valence-corrected chi connectivity index (χ0v) is 10.8. The van der Waals surface area contributed by atoms with E-state index in [0.717, 1.165) is 25.0 Å². The highest BCUT2D eigenvalue weighted by Gasteiger charge is 2.26. The number of carboxylic acids is 1. The summed E-state index contributed by atoms with van der Waals surface area (Å²) in [5, 5.41) is 16.2. The Morgan fingerprint density at radius 1 is 1.59 bits per heavy atom. The van der Waals surface area contributed by atoms with Crippen molar-refractivity contribution in [3.8, 4) is 0 Å². The number of nitrogens with one attached hydrogen (secondary N) is 1. The van der Waals surface area contributed by atoms with Crippen molar-refractivity contribution in [1.29, 1.82) is 0 Å². The molecule has 0 bridgehead atoms. The molecule has 1 heterocycles. The van der Waals surface area contributed by atoms with Gasteiger partial charge in [0.05, 0.1) is 5.92 Å². The minimum atomic E-state index is -0.690. The Bertz CT molecular complexity index is 399. The van der Waals surface area contributed by atoms with Crippen molar-refractivity contribution in [2.75, 3.05) is 0 Å². The summed E-state index contributed by atoms with van der Waals surface area (Å²) in [4.78, 5) is 10.9. The Hall–Kier alpha value is -0.720. The second-order valence-electron chi connectivity index (χ2n) is 4.27. The van der Waals surface area contributed by atoms with E-state index in [4.69, 9.17) is 16.7 Å². The van der Waals surface area contributed by atoms with E-state index in [9.17, 15) is 4.79 Å². The highest BCUT2D eigenvalue weighted by molar-refractivity contribution is 7.10. The number of nitrogens with zero attached hydrogens (tertiary/aromatic N) is 2. The molecular weight excluding hydrogens is 262 g/mol. The third-order valence-corrected chi connectivity index (χ3v) is 4.08. The van der Waals surface area contributed by atoms with Crippen molar-refractivity contribution < 1.29 is 9.90 Å². The molecule has 1 aliphatic carbocycles. The molecule has 1 aromatic heterocycles. The first-order valence-electron chi connectivity index (χ1n) is 5.59. The van der Waals surface area contributed by atoms with E-state index < -0.39 is 5.97 Å². The fraction of sp³-hybridized carbons (Fsp3) is 0.700. The third-order valence-electron chi connectivity index (χ3n) is 3.09. The molecule has 1 aromatic rings. The average Bonchev–Trinajstić information content (AvgIpc) is 2.72. The number of hydrogen-bond donors (Lipinski definition) is 2. The minimum Gasteiger partial charge on any atom is -0.481 e. The van der Waals surface area contributed by atoms with Crippen LogP contribution in [0.5, 0.6) is 0 Å². The summed E-state index contributed by atoms with van der Waals surface area (Å²) in [6, 6.07) is 0.239. The van der Waals surface area contributed by atoms with Crippen molar-refractivity contribution in [3.05, 3.63) is 10.0 Å². The summed E-state index contributed by atoms with van der Waals surface area (Å²) in [5.41, 5.74) is 0.745. The Balaban J connectivity index is 1.83. The van der Waals surface area contributed by atoms with Crippen LogP contribution in [0.2, 0.25) is 4.34 Å². The predicted octanol–water partition coefficient (Wildman–Crippen LogP) is 1.92. The quantitative estimate of drug-likeness (QED) is 0.878. The zero-order chi connectivity index (χ0) is 12.3. The molecule has 17 heavy (non-hydrogen) atoms. The monoisotopic (exact) mass is 275 g/mol. The fourth-order valence-corrected chi connectivity index (χ4v) is 2.77. The zero-order valence-electron chi connectivity index (χ0n) is 9.23. The van der Waals surface area contributed by atoms with Gasteiger partial charge in [0.2, 0.25) is 0 Å². The van der Waals surface area contributed by atoms with Crippen LogP contribution in [0.4, 0.5) is 0 Å². The number of carboxylic acid groups (broad SMARTS) is 1. The predicted molar refractivity (Wildman–Crippen MR) is 65.1 cm³/mol. The van der Waals surface area contributed by atoms with E-state index in [1.807, 2.05) is 0 Å². The lowest BCUT2D eigenvalue weighted by molar-refractivity contribution is -0.143. The van der Waals surface area contributed by atoms with Crippen LogP contribution in [0.3, 0.4) is 0 Å². The van der Waals surface area contributed by atoms with Crippen LogP contribution in [-0.2, 0) is 11.3 Å². The maximum Gasteiger partial charge on any atom is 0.306 e. The van der Waals surface area contributed by atoms with Crippen molar-refractivity contribution in [2.24, 2.45) is 5.92 Å². The topological polar surface area (TPSA) is 75.1 Å². The molecule has 0 amide bonds. The van der Waals surface area contributed by atoms with E-state index in [0.29, 0.717) is 17.3 Å². The second-order valence-corrected chi connectivity index (χ2v) is 5.63. The van der Waals surface area contributed by atoms with Gasteiger partial charge in [-0.25, -0.2) is 0 Å². The van der Waals surface area contributed by atoms with Crippen LogP contribution in [-0.4, -0.2) is 26.7 Å². The van der Waals surface area contributed by atoms with Crippen molar-refractivity contribution in [2.45, 2.75) is 38.3 Å². The van der Waals surface area contributed by atoms with Crippen molar-refractivity contribution in [1.82, 2.24) is 14.9 Å². The van der Waals surface area contributed by atoms with E-state index >= 15 is 0 Å². The third kappa shape index (κ3) is 3.37. The Morgan fingerprint density at radius 3 is 3.06 bits per heavy atom. The number of hydrogen-bond acceptors (Lipinski definition) is 5. The highest BCUT2D eigenvalue weighted by Crippen LogP contribution is 2.25. The van der Waals surface area contributed by atoms with Gasteiger partial charge in [0.1, 0.15) is 10.0 Å². The van der Waals surface area contributed by atoms with Gasteiger partial charge in [-0.15, -0.1) is 5.10 Å². The average molecular weight is 276 g/mol. The first-order valence-corrected chi connectivity index (χ1v) is 6.75. The number of rotatable bonds is 4. The summed E-state index contributed by atoms with van der Waals surface area (Å²) >= 11 is 7.06. The van der Waals surface area contributed by atoms with Crippen LogP contribution in [0.25, 0.3) is 0 Å². The second kappa shape index (κ2) is 5.75. The molecule has 2 atom stereocenters. The van der Waals surface area contributed by atoms with E-state index in [1.54, 1.807) is 0 Å². The van der Waals surface area contributed by atoms with Crippen molar-refractivity contribution >= 4 is 29.1 Å². The Morgan fingerprint density at radius 2 is 2.41 bits per heavy atom. The molecule has 2 N–H and O–H groups in total. The van der Waals surface area contributed by atoms with Crippen LogP contribution >= 0.6 is 23.1 Å². The van der Waals surface area contributed by atoms with Gasteiger partial charge in [-0.05, 0) is 19.3 Å². The van der Waals surface area contributed by atoms with Gasteiger partial charge in [-0.2, -0.15) is 0 Å². The smallest absolute Gasteiger partial charge is 0.306 e. The fourth-order valence-electron chi connectivity index (χ4n) is 2.14. The summed E-state index contributed by atoms with van der Waals surface area (Å²) in [5.74, 6) is -0.907. The Kier molecular flexibility index (Phi) is 4.31. The van der Waals surface area contributed by atoms with Gasteiger partial charge < -0.3 is 10.4 Å². The molecule has 7 heteroatoms. The number of aliphatic carboxylic acids is 1. The SMILES string of the molecule is O=C(O)C1CCCC(NCc2nnsc2Cl)C1. The summed E-state index contributed by atoms with van der Waals surface area (Å²) in [7, 11) is 0. The summed E-state index contributed by atoms with van der Waals surface area (Å²) in [6.07, 6.45) is 3.44. The first-order chi connectivity index (χ1) is 8.16. The largest absolute Gasteiger partial charge is 0.481 e. The normalized spacial score (nSPS) is 24.8. The van der Waals surface area contributed by atoms with Gasteiger partial charge in [-0.1, -0.05) is 22.5 Å². The molecule has 1 aliphatic rings. The molecule has 2 unspecified atom stereocenters. The number of halogens is 1. The lowest BCUT2D eigenvalue weighted by Crippen LogP contribution is -2.36. The van der Waals surface area contributed by atoms with Crippen LogP contribution in [0.15, 0.2) is 0 Å². The van der Waals surface area contributed by atoms with E-state index in [2.05, 4.69) is 14.9 Å². The maximum absolute atomic E-state index is 10.9. The lowest BCUT2D eigenvalue weighted by atomic mass is 9.86. The minimum absolute atomic E-state index is 0.217. The lowest BCUT2D eigenvalue weighted by Gasteiger charge is -2.27. The molecule has 1 fully saturated rings. The van der Waals surface area contributed by atoms with Crippen LogP contribution in [0, 0.1) is 5.92 Å². The van der Waals surface area contributed by atoms with Gasteiger partial charge in [0.25, 0.3) is 0 Å². The van der Waals surface area contributed by atoms with Crippen LogP contribution in [0.1, 0.15) is 31.4 Å². The molecule has 0 spiro atoms. The molecule has 0 saturated heterocycles. The molecule has 5 nitrogen and oxygen atoms in total. The van der Waals surface area contributed by atoms with Crippen molar-refractivity contribution in [3.63, 3.8) is 0 Å². The highest BCUT2D eigenvalue weighted by atomic mass is 35.5. The number of aromatic nitrogens is 2.